The molecule has 0 unspecified atom stereocenters. The third-order valence-electron chi connectivity index (χ3n) is 4.37. The van der Waals surface area contributed by atoms with Crippen LogP contribution in [-0.4, -0.2) is 77.6 Å². The number of rotatable bonds is 5. The molecule has 0 bridgehead atoms. The monoisotopic (exact) mass is 419 g/mol. The van der Waals surface area contributed by atoms with Gasteiger partial charge in [0.2, 0.25) is 0 Å². The van der Waals surface area contributed by atoms with Crippen LogP contribution in [0.25, 0.3) is 16.7 Å². The smallest absolute Gasteiger partial charge is 0.303 e. The third-order valence-corrected chi connectivity index (χ3v) is 4.37. The van der Waals surface area contributed by atoms with Crippen molar-refractivity contribution in [2.75, 3.05) is 6.61 Å². The van der Waals surface area contributed by atoms with Gasteiger partial charge in [0.1, 0.15) is 19.0 Å². The molecule has 4 heterocycles. The molecule has 0 amide bonds. The van der Waals surface area contributed by atoms with Crippen LogP contribution < -0.4 is 0 Å². The van der Waals surface area contributed by atoms with E-state index in [2.05, 4.69) is 25.6 Å². The molecule has 30 heavy (non-hydrogen) atoms. The van der Waals surface area contributed by atoms with Crippen LogP contribution in [0.15, 0.2) is 12.5 Å². The number of ether oxygens (including phenoxy) is 4. The molecule has 1 aliphatic rings. The Balaban J connectivity index is 1.75. The lowest BCUT2D eigenvalue weighted by atomic mass is 10.1. The summed E-state index contributed by atoms with van der Waals surface area (Å²) in [6, 6.07) is 0. The number of hydrogen-bond donors (Lipinski definition) is 0. The minimum atomic E-state index is -1.07. The molecule has 0 aliphatic carbocycles. The van der Waals surface area contributed by atoms with E-state index in [-0.39, 0.29) is 6.61 Å². The van der Waals surface area contributed by atoms with Gasteiger partial charge in [0.25, 0.3) is 0 Å². The number of esters is 3. The van der Waals surface area contributed by atoms with E-state index < -0.39 is 42.4 Å². The Bertz CT molecular complexity index is 1130. The van der Waals surface area contributed by atoms with E-state index in [1.165, 1.54) is 42.5 Å². The summed E-state index contributed by atoms with van der Waals surface area (Å²) < 4.78 is 24.5. The first-order valence-corrected chi connectivity index (χ1v) is 8.88. The minimum Gasteiger partial charge on any atom is -0.463 e. The summed E-state index contributed by atoms with van der Waals surface area (Å²) in [6.07, 6.45) is -1.13. The van der Waals surface area contributed by atoms with E-state index in [9.17, 15) is 14.4 Å². The molecule has 1 saturated heterocycles. The largest absolute Gasteiger partial charge is 0.463 e. The van der Waals surface area contributed by atoms with Crippen molar-refractivity contribution in [2.45, 2.75) is 45.3 Å². The topological polar surface area (TPSA) is 162 Å². The molecule has 0 aromatic carbocycles. The van der Waals surface area contributed by atoms with E-state index >= 15 is 0 Å². The predicted molar refractivity (Wildman–Crippen MR) is 93.5 cm³/mol. The van der Waals surface area contributed by atoms with Crippen molar-refractivity contribution in [3.8, 4) is 0 Å². The fraction of sp³-hybridized carbons (Fsp3) is 0.500. The van der Waals surface area contributed by atoms with Crippen LogP contribution in [0.1, 0.15) is 27.0 Å². The first kappa shape index (κ1) is 19.6. The molecule has 0 N–H and O–H groups in total. The van der Waals surface area contributed by atoms with Gasteiger partial charge >= 0.3 is 17.9 Å². The lowest BCUT2D eigenvalue weighted by Gasteiger charge is -2.23. The zero-order chi connectivity index (χ0) is 21.4. The van der Waals surface area contributed by atoms with Crippen molar-refractivity contribution >= 4 is 34.6 Å². The molecule has 0 saturated carbocycles. The number of fused-ring (bicyclic) bond motifs is 3. The van der Waals surface area contributed by atoms with Gasteiger partial charge in [-0.2, -0.15) is 9.61 Å². The predicted octanol–water partition coefficient (Wildman–Crippen LogP) is -0.807. The van der Waals surface area contributed by atoms with Crippen molar-refractivity contribution in [3.05, 3.63) is 12.5 Å². The van der Waals surface area contributed by atoms with Crippen LogP contribution >= 0.6 is 0 Å². The van der Waals surface area contributed by atoms with Crippen molar-refractivity contribution in [3.63, 3.8) is 0 Å². The highest BCUT2D eigenvalue weighted by molar-refractivity contribution is 5.88. The second kappa shape index (κ2) is 7.62. The molecule has 3 aromatic heterocycles. The summed E-state index contributed by atoms with van der Waals surface area (Å²) in [5.74, 6) is -1.78. The van der Waals surface area contributed by atoms with Crippen molar-refractivity contribution in [1.29, 1.82) is 0 Å². The summed E-state index contributed by atoms with van der Waals surface area (Å²) in [4.78, 5) is 38.9. The first-order valence-electron chi connectivity index (χ1n) is 8.88. The SMILES string of the molecule is CC(=O)OC[C@H]1O[C@@H](n2ncc3c2ncn2nnnc32)[C@H](OC(C)=O)[C@@H]1OC(C)=O. The van der Waals surface area contributed by atoms with Crippen LogP contribution in [0.4, 0.5) is 0 Å². The Kier molecular flexibility index (Phi) is 4.99. The number of aromatic nitrogens is 7. The van der Waals surface area contributed by atoms with Crippen LogP contribution in [0.3, 0.4) is 0 Å². The zero-order valence-corrected chi connectivity index (χ0v) is 16.2. The highest BCUT2D eigenvalue weighted by Gasteiger charge is 2.51. The maximum absolute atomic E-state index is 11.7. The number of nitrogens with zero attached hydrogens (tertiary/aromatic N) is 7. The Morgan fingerprint density at radius 1 is 1.07 bits per heavy atom. The molecule has 4 atom stereocenters. The third kappa shape index (κ3) is 3.52. The number of carbonyl (C=O) groups is 3. The van der Waals surface area contributed by atoms with Crippen molar-refractivity contribution < 1.29 is 33.3 Å². The second-order valence-corrected chi connectivity index (χ2v) is 6.53. The average Bonchev–Trinajstić information content (AvgIpc) is 3.36. The zero-order valence-electron chi connectivity index (χ0n) is 16.2. The Labute approximate surface area is 168 Å². The van der Waals surface area contributed by atoms with Crippen LogP contribution in [-0.2, 0) is 33.3 Å². The quantitative estimate of drug-likeness (QED) is 0.374. The second-order valence-electron chi connectivity index (χ2n) is 6.53. The van der Waals surface area contributed by atoms with Crippen LogP contribution in [0.5, 0.6) is 0 Å². The molecule has 0 spiro atoms. The molecule has 4 rings (SSSR count). The Hall–Kier alpha value is -3.68. The molecular formula is C16H17N7O7. The average molecular weight is 419 g/mol. The minimum absolute atomic E-state index is 0.216. The fourth-order valence-electron chi connectivity index (χ4n) is 3.28. The summed E-state index contributed by atoms with van der Waals surface area (Å²) in [5.41, 5.74) is 0.774. The van der Waals surface area contributed by atoms with Gasteiger partial charge in [0.05, 0.1) is 11.6 Å². The fourth-order valence-corrected chi connectivity index (χ4v) is 3.28. The van der Waals surface area contributed by atoms with E-state index in [1.54, 1.807) is 0 Å². The van der Waals surface area contributed by atoms with Gasteiger partial charge in [-0.1, -0.05) is 0 Å². The van der Waals surface area contributed by atoms with Crippen molar-refractivity contribution in [2.24, 2.45) is 0 Å². The first-order chi connectivity index (χ1) is 14.3. The molecule has 0 radical (unpaired) electrons. The summed E-state index contributed by atoms with van der Waals surface area (Å²) in [7, 11) is 0. The normalized spacial score (nSPS) is 23.6. The van der Waals surface area contributed by atoms with Crippen molar-refractivity contribution in [1.82, 2.24) is 34.8 Å². The molecular weight excluding hydrogens is 402 g/mol. The molecule has 14 nitrogen and oxygen atoms in total. The molecule has 1 fully saturated rings. The van der Waals surface area contributed by atoms with Gasteiger partial charge in [-0.25, -0.2) is 9.67 Å². The molecule has 14 heteroatoms. The van der Waals surface area contributed by atoms with Gasteiger partial charge in [-0.15, -0.1) is 5.10 Å². The maximum atomic E-state index is 11.7. The number of tetrazole rings is 1. The van der Waals surface area contributed by atoms with Gasteiger partial charge in [0, 0.05) is 20.8 Å². The highest BCUT2D eigenvalue weighted by Crippen LogP contribution is 2.35. The van der Waals surface area contributed by atoms with Gasteiger partial charge in [-0.05, 0) is 10.4 Å². The lowest BCUT2D eigenvalue weighted by molar-refractivity contribution is -0.166. The van der Waals surface area contributed by atoms with E-state index in [0.717, 1.165) is 0 Å². The Morgan fingerprint density at radius 2 is 1.80 bits per heavy atom. The number of hydrogen-bond acceptors (Lipinski definition) is 12. The van der Waals surface area contributed by atoms with Crippen LogP contribution in [0.2, 0.25) is 0 Å². The van der Waals surface area contributed by atoms with E-state index in [0.29, 0.717) is 16.7 Å². The molecule has 1 aliphatic heterocycles. The number of carbonyl (C=O) groups excluding carboxylic acids is 3. The Morgan fingerprint density at radius 3 is 2.50 bits per heavy atom. The summed E-state index contributed by atoms with van der Waals surface area (Å²) in [5, 5.41) is 16.1. The standard InChI is InChI=1S/C16H17N7O7/c1-7(24)27-5-11-12(28-8(2)25)13(29-9(3)26)16(30-11)23-14-10(4-18-23)15-19-20-21-22(15)6-17-14/h4,6,11-13,16H,5H2,1-3H3/t11-,12-,13-,16-/m1/s1. The molecule has 158 valence electrons. The van der Waals surface area contributed by atoms with E-state index in [1.807, 2.05) is 0 Å². The highest BCUT2D eigenvalue weighted by atomic mass is 16.7. The summed E-state index contributed by atoms with van der Waals surface area (Å²) >= 11 is 0. The van der Waals surface area contributed by atoms with E-state index in [4.69, 9.17) is 18.9 Å². The molecule has 3 aromatic rings. The van der Waals surface area contributed by atoms with Gasteiger partial charge < -0.3 is 18.9 Å². The lowest BCUT2D eigenvalue weighted by Crippen LogP contribution is -2.40. The van der Waals surface area contributed by atoms with Crippen LogP contribution in [0, 0.1) is 0 Å². The van der Waals surface area contributed by atoms with Gasteiger partial charge in [0.15, 0.2) is 29.7 Å². The summed E-state index contributed by atoms with van der Waals surface area (Å²) in [6.45, 7) is 3.44. The maximum Gasteiger partial charge on any atom is 0.303 e. The van der Waals surface area contributed by atoms with Gasteiger partial charge in [-0.3, -0.25) is 14.4 Å².